The van der Waals surface area contributed by atoms with E-state index in [4.69, 9.17) is 9.97 Å². The van der Waals surface area contributed by atoms with Crippen molar-refractivity contribution < 1.29 is 0 Å². The van der Waals surface area contributed by atoms with Crippen molar-refractivity contribution in [2.75, 3.05) is 6.54 Å². The fourth-order valence-corrected chi connectivity index (χ4v) is 2.33. The average molecular weight is 269 g/mol. The minimum atomic E-state index is 0.831. The summed E-state index contributed by atoms with van der Waals surface area (Å²) < 4.78 is 0. The summed E-state index contributed by atoms with van der Waals surface area (Å²) in [6.07, 6.45) is 1.14. The van der Waals surface area contributed by atoms with E-state index in [1.165, 1.54) is 11.1 Å². The summed E-state index contributed by atoms with van der Waals surface area (Å²) in [5.74, 6) is 0.831. The lowest BCUT2D eigenvalue weighted by atomic mass is 10.1. The minimum Gasteiger partial charge on any atom is -0.313 e. The van der Waals surface area contributed by atoms with E-state index in [0.717, 1.165) is 42.3 Å². The highest BCUT2D eigenvalue weighted by atomic mass is 14.9. The van der Waals surface area contributed by atoms with E-state index in [1.54, 1.807) is 0 Å². The van der Waals surface area contributed by atoms with Crippen LogP contribution in [-0.4, -0.2) is 16.5 Å². The van der Waals surface area contributed by atoms with Gasteiger partial charge in [0.15, 0.2) is 5.82 Å². The van der Waals surface area contributed by atoms with Crippen molar-refractivity contribution in [3.63, 3.8) is 0 Å². The van der Waals surface area contributed by atoms with E-state index in [-0.39, 0.29) is 0 Å². The Hall–Kier alpha value is -1.74. The topological polar surface area (TPSA) is 37.8 Å². The van der Waals surface area contributed by atoms with Gasteiger partial charge in [-0.15, -0.1) is 0 Å². The molecule has 0 unspecified atom stereocenters. The molecule has 2 aromatic rings. The molecule has 0 amide bonds. The van der Waals surface area contributed by atoms with E-state index < -0.39 is 0 Å². The summed E-state index contributed by atoms with van der Waals surface area (Å²) in [7, 11) is 0. The van der Waals surface area contributed by atoms with Gasteiger partial charge < -0.3 is 5.32 Å². The van der Waals surface area contributed by atoms with Crippen LogP contribution in [0.2, 0.25) is 0 Å². The lowest BCUT2D eigenvalue weighted by molar-refractivity contribution is 0.665. The van der Waals surface area contributed by atoms with Crippen molar-refractivity contribution in [3.8, 4) is 11.4 Å². The largest absolute Gasteiger partial charge is 0.313 e. The third kappa shape index (κ3) is 3.23. The van der Waals surface area contributed by atoms with Crippen LogP contribution in [-0.2, 0) is 6.54 Å². The Kier molecular flexibility index (Phi) is 4.85. The zero-order chi connectivity index (χ0) is 14.5. The fourth-order valence-electron chi connectivity index (χ4n) is 2.33. The summed E-state index contributed by atoms with van der Waals surface area (Å²) in [5, 5.41) is 3.42. The predicted octanol–water partition coefficient (Wildman–Crippen LogP) is 3.57. The molecule has 1 heterocycles. The summed E-state index contributed by atoms with van der Waals surface area (Å²) in [6.45, 7) is 10.3. The van der Waals surface area contributed by atoms with Gasteiger partial charge in [-0.3, -0.25) is 0 Å². The van der Waals surface area contributed by atoms with Crippen LogP contribution in [0.4, 0.5) is 0 Å². The number of rotatable bonds is 5. The molecule has 0 radical (unpaired) electrons. The quantitative estimate of drug-likeness (QED) is 0.843. The Labute approximate surface area is 121 Å². The molecular formula is C17H23N3. The summed E-state index contributed by atoms with van der Waals surface area (Å²) in [5.41, 5.74) is 5.68. The second-order valence-corrected chi connectivity index (χ2v) is 5.19. The standard InChI is InChI=1S/C17H23N3/c1-5-10-18-11-16-13(3)19-17(20-14(16)4)15-9-7-6-8-12(15)2/h6-9,18H,5,10-11H2,1-4H3. The van der Waals surface area contributed by atoms with E-state index in [9.17, 15) is 0 Å². The molecule has 0 aliphatic heterocycles. The highest BCUT2D eigenvalue weighted by Gasteiger charge is 2.10. The van der Waals surface area contributed by atoms with Gasteiger partial charge in [0.2, 0.25) is 0 Å². The molecule has 0 saturated carbocycles. The van der Waals surface area contributed by atoms with Crippen molar-refractivity contribution >= 4 is 0 Å². The third-order valence-electron chi connectivity index (χ3n) is 3.54. The first kappa shape index (κ1) is 14.7. The average Bonchev–Trinajstić information content (AvgIpc) is 2.42. The van der Waals surface area contributed by atoms with Gasteiger partial charge in [-0.2, -0.15) is 0 Å². The number of hydrogen-bond acceptors (Lipinski definition) is 3. The van der Waals surface area contributed by atoms with Crippen molar-refractivity contribution in [1.29, 1.82) is 0 Å². The first-order valence-electron chi connectivity index (χ1n) is 7.24. The van der Waals surface area contributed by atoms with Crippen LogP contribution in [0.1, 0.15) is 35.9 Å². The van der Waals surface area contributed by atoms with Crippen LogP contribution in [0.25, 0.3) is 11.4 Å². The molecule has 0 bridgehead atoms. The number of hydrogen-bond donors (Lipinski definition) is 1. The van der Waals surface area contributed by atoms with Gasteiger partial charge in [-0.05, 0) is 39.3 Å². The number of aryl methyl sites for hydroxylation is 3. The van der Waals surface area contributed by atoms with E-state index in [1.807, 2.05) is 12.1 Å². The maximum Gasteiger partial charge on any atom is 0.159 e. The third-order valence-corrected chi connectivity index (χ3v) is 3.54. The van der Waals surface area contributed by atoms with E-state index >= 15 is 0 Å². The molecular weight excluding hydrogens is 246 g/mol. The van der Waals surface area contributed by atoms with Crippen LogP contribution in [0.5, 0.6) is 0 Å². The van der Waals surface area contributed by atoms with Crippen molar-refractivity contribution in [2.24, 2.45) is 0 Å². The molecule has 0 spiro atoms. The molecule has 20 heavy (non-hydrogen) atoms. The zero-order valence-corrected chi connectivity index (χ0v) is 12.8. The van der Waals surface area contributed by atoms with Gasteiger partial charge in [-0.1, -0.05) is 31.2 Å². The van der Waals surface area contributed by atoms with Crippen LogP contribution < -0.4 is 5.32 Å². The molecule has 3 heteroatoms. The van der Waals surface area contributed by atoms with E-state index in [0.29, 0.717) is 0 Å². The van der Waals surface area contributed by atoms with Gasteiger partial charge in [-0.25, -0.2) is 9.97 Å². The monoisotopic (exact) mass is 269 g/mol. The Bertz CT molecular complexity index is 568. The Morgan fingerprint density at radius 3 is 2.25 bits per heavy atom. The Balaban J connectivity index is 2.33. The van der Waals surface area contributed by atoms with Gasteiger partial charge >= 0.3 is 0 Å². The first-order chi connectivity index (χ1) is 9.63. The van der Waals surface area contributed by atoms with Crippen LogP contribution in [0, 0.1) is 20.8 Å². The van der Waals surface area contributed by atoms with Crippen LogP contribution in [0.15, 0.2) is 24.3 Å². The van der Waals surface area contributed by atoms with E-state index in [2.05, 4.69) is 45.1 Å². The summed E-state index contributed by atoms with van der Waals surface area (Å²) in [4.78, 5) is 9.39. The molecule has 0 atom stereocenters. The molecule has 0 saturated heterocycles. The smallest absolute Gasteiger partial charge is 0.159 e. The van der Waals surface area contributed by atoms with Crippen LogP contribution in [0.3, 0.4) is 0 Å². The maximum absolute atomic E-state index is 4.69. The number of aromatic nitrogens is 2. The Morgan fingerprint density at radius 2 is 1.65 bits per heavy atom. The zero-order valence-electron chi connectivity index (χ0n) is 12.8. The second-order valence-electron chi connectivity index (χ2n) is 5.19. The molecule has 2 rings (SSSR count). The molecule has 0 aliphatic carbocycles. The summed E-state index contributed by atoms with van der Waals surface area (Å²) in [6, 6.07) is 8.26. The highest BCUT2D eigenvalue weighted by molar-refractivity contribution is 5.60. The van der Waals surface area contributed by atoms with Crippen molar-refractivity contribution in [1.82, 2.24) is 15.3 Å². The van der Waals surface area contributed by atoms with Crippen LogP contribution >= 0.6 is 0 Å². The number of nitrogens with zero attached hydrogens (tertiary/aromatic N) is 2. The van der Waals surface area contributed by atoms with Crippen molar-refractivity contribution in [2.45, 2.75) is 40.7 Å². The Morgan fingerprint density at radius 1 is 1.00 bits per heavy atom. The SMILES string of the molecule is CCCNCc1c(C)nc(-c2ccccc2C)nc1C. The van der Waals surface area contributed by atoms with Gasteiger partial charge in [0.1, 0.15) is 0 Å². The van der Waals surface area contributed by atoms with Gasteiger partial charge in [0, 0.05) is 29.1 Å². The maximum atomic E-state index is 4.69. The number of benzene rings is 1. The lowest BCUT2D eigenvalue weighted by Crippen LogP contribution is -2.17. The summed E-state index contributed by atoms with van der Waals surface area (Å²) >= 11 is 0. The minimum absolute atomic E-state index is 0.831. The first-order valence-corrected chi connectivity index (χ1v) is 7.24. The number of nitrogens with one attached hydrogen (secondary N) is 1. The predicted molar refractivity (Wildman–Crippen MR) is 83.7 cm³/mol. The molecule has 1 N–H and O–H groups in total. The molecule has 1 aromatic heterocycles. The molecule has 3 nitrogen and oxygen atoms in total. The molecule has 106 valence electrons. The molecule has 0 fully saturated rings. The lowest BCUT2D eigenvalue weighted by Gasteiger charge is -2.12. The molecule has 1 aromatic carbocycles. The highest BCUT2D eigenvalue weighted by Crippen LogP contribution is 2.21. The fraction of sp³-hybridized carbons (Fsp3) is 0.412. The normalized spacial score (nSPS) is 10.8. The van der Waals surface area contributed by atoms with Gasteiger partial charge in [0.25, 0.3) is 0 Å². The molecule has 0 aliphatic rings. The van der Waals surface area contributed by atoms with Gasteiger partial charge in [0.05, 0.1) is 0 Å². The van der Waals surface area contributed by atoms with Crippen molar-refractivity contribution in [3.05, 3.63) is 46.8 Å². The second kappa shape index (κ2) is 6.62.